The summed E-state index contributed by atoms with van der Waals surface area (Å²) in [6.07, 6.45) is 6.55. The Morgan fingerprint density at radius 2 is 1.95 bits per heavy atom. The number of hydrogen-bond donors (Lipinski definition) is 2. The maximum Gasteiger partial charge on any atom is 0.227 e. The number of aryl methyl sites for hydroxylation is 1. The summed E-state index contributed by atoms with van der Waals surface area (Å²) in [5, 5.41) is 12.5. The molecule has 1 fully saturated rings. The van der Waals surface area contributed by atoms with Gasteiger partial charge in [-0.2, -0.15) is 0 Å². The molecule has 0 radical (unpaired) electrons. The van der Waals surface area contributed by atoms with E-state index in [1.165, 1.54) is 17.5 Å². The summed E-state index contributed by atoms with van der Waals surface area (Å²) in [6.45, 7) is 0.982. The molecule has 3 rings (SSSR count). The summed E-state index contributed by atoms with van der Waals surface area (Å²) >= 11 is 0. The highest BCUT2D eigenvalue weighted by molar-refractivity contribution is 5.84. The predicted molar refractivity (Wildman–Crippen MR) is 83.0 cm³/mol. The van der Waals surface area contributed by atoms with Gasteiger partial charge in [0.2, 0.25) is 5.91 Å². The summed E-state index contributed by atoms with van der Waals surface area (Å²) in [5.41, 5.74) is 2.55. The van der Waals surface area contributed by atoms with Gasteiger partial charge in [0.15, 0.2) is 0 Å². The average molecular weight is 287 g/mol. The molecule has 1 saturated carbocycles. The van der Waals surface area contributed by atoms with Gasteiger partial charge in [-0.05, 0) is 55.1 Å². The van der Waals surface area contributed by atoms with Crippen molar-refractivity contribution in [1.29, 1.82) is 0 Å². The Morgan fingerprint density at radius 1 is 1.14 bits per heavy atom. The van der Waals surface area contributed by atoms with Crippen LogP contribution in [0.2, 0.25) is 0 Å². The average Bonchev–Trinajstić information content (AvgIpc) is 2.99. The van der Waals surface area contributed by atoms with Gasteiger partial charge < -0.3 is 10.4 Å². The number of fused-ring (bicyclic) bond motifs is 1. The normalized spacial score (nSPS) is 28.1. The van der Waals surface area contributed by atoms with E-state index >= 15 is 0 Å². The van der Waals surface area contributed by atoms with Crippen molar-refractivity contribution in [2.24, 2.45) is 11.8 Å². The quantitative estimate of drug-likeness (QED) is 0.894. The lowest BCUT2D eigenvalue weighted by Gasteiger charge is -2.26. The van der Waals surface area contributed by atoms with Crippen molar-refractivity contribution in [2.75, 3.05) is 13.2 Å². The van der Waals surface area contributed by atoms with Crippen LogP contribution in [0.15, 0.2) is 24.3 Å². The number of carbonyl (C=O) groups is 1. The minimum Gasteiger partial charge on any atom is -0.396 e. The zero-order valence-electron chi connectivity index (χ0n) is 12.6. The lowest BCUT2D eigenvalue weighted by molar-refractivity contribution is -0.123. The minimum absolute atomic E-state index is 0.0175. The zero-order valence-corrected chi connectivity index (χ0v) is 12.6. The van der Waals surface area contributed by atoms with Gasteiger partial charge in [-0.15, -0.1) is 0 Å². The summed E-state index contributed by atoms with van der Waals surface area (Å²) in [4.78, 5) is 12.5. The van der Waals surface area contributed by atoms with E-state index in [2.05, 4.69) is 23.5 Å². The van der Waals surface area contributed by atoms with E-state index in [-0.39, 0.29) is 18.4 Å². The third kappa shape index (κ3) is 3.13. The Bertz CT molecular complexity index is 500. The highest BCUT2D eigenvalue weighted by Gasteiger charge is 2.29. The first-order chi connectivity index (χ1) is 10.3. The van der Waals surface area contributed by atoms with Crippen molar-refractivity contribution in [3.8, 4) is 0 Å². The summed E-state index contributed by atoms with van der Waals surface area (Å²) in [6, 6.07) is 8.34. The summed E-state index contributed by atoms with van der Waals surface area (Å²) in [7, 11) is 0. The fraction of sp³-hybridized carbons (Fsp3) is 0.611. The molecule has 0 heterocycles. The van der Waals surface area contributed by atoms with E-state index in [0.29, 0.717) is 11.8 Å². The van der Waals surface area contributed by atoms with E-state index < -0.39 is 0 Å². The monoisotopic (exact) mass is 287 g/mol. The maximum absolute atomic E-state index is 12.5. The molecule has 0 spiro atoms. The molecule has 3 unspecified atom stereocenters. The number of benzene rings is 1. The molecule has 0 aromatic heterocycles. The molecule has 1 aromatic rings. The fourth-order valence-corrected chi connectivity index (χ4v) is 4.00. The molecule has 21 heavy (non-hydrogen) atoms. The summed E-state index contributed by atoms with van der Waals surface area (Å²) in [5.74, 6) is 1.02. The molecule has 2 aliphatic carbocycles. The third-order valence-electron chi connectivity index (χ3n) is 5.28. The molecule has 3 heteroatoms. The number of amides is 1. The predicted octanol–water partition coefficient (Wildman–Crippen LogP) is 2.63. The second kappa shape index (κ2) is 6.61. The van der Waals surface area contributed by atoms with Crippen LogP contribution in [0.1, 0.15) is 49.1 Å². The molecule has 0 aliphatic heterocycles. The van der Waals surface area contributed by atoms with Crippen molar-refractivity contribution in [3.63, 3.8) is 0 Å². The van der Waals surface area contributed by atoms with E-state index in [1.807, 2.05) is 6.07 Å². The topological polar surface area (TPSA) is 49.3 Å². The van der Waals surface area contributed by atoms with Crippen LogP contribution in [0.25, 0.3) is 0 Å². The minimum atomic E-state index is 0.0175. The Labute approximate surface area is 126 Å². The van der Waals surface area contributed by atoms with E-state index in [4.69, 9.17) is 0 Å². The Hall–Kier alpha value is -1.35. The first kappa shape index (κ1) is 14.6. The van der Waals surface area contributed by atoms with Crippen LogP contribution in [-0.4, -0.2) is 24.2 Å². The van der Waals surface area contributed by atoms with Gasteiger partial charge >= 0.3 is 0 Å². The number of carbonyl (C=O) groups excluding carboxylic acids is 1. The standard InChI is InChI=1S/C18H25NO2/c20-12-15-8-3-7-14(15)11-19-18(21)17-10-4-6-13-5-1-2-9-16(13)17/h1-2,5,9,14-15,17,20H,3-4,6-8,10-12H2,(H,19,21). The molecule has 2 N–H and O–H groups in total. The summed E-state index contributed by atoms with van der Waals surface area (Å²) < 4.78 is 0. The van der Waals surface area contributed by atoms with Gasteiger partial charge in [-0.3, -0.25) is 4.79 Å². The first-order valence-electron chi connectivity index (χ1n) is 8.26. The lowest BCUT2D eigenvalue weighted by Crippen LogP contribution is -2.36. The van der Waals surface area contributed by atoms with Crippen LogP contribution in [0.5, 0.6) is 0 Å². The number of nitrogens with one attached hydrogen (secondary N) is 1. The Balaban J connectivity index is 1.61. The highest BCUT2D eigenvalue weighted by Crippen LogP contribution is 2.33. The van der Waals surface area contributed by atoms with Crippen LogP contribution in [0, 0.1) is 11.8 Å². The number of rotatable bonds is 4. The number of aliphatic hydroxyl groups is 1. The molecule has 114 valence electrons. The van der Waals surface area contributed by atoms with Crippen molar-refractivity contribution < 1.29 is 9.90 Å². The molecule has 3 nitrogen and oxygen atoms in total. The van der Waals surface area contributed by atoms with Crippen molar-refractivity contribution in [3.05, 3.63) is 35.4 Å². The Morgan fingerprint density at radius 3 is 2.81 bits per heavy atom. The first-order valence-corrected chi connectivity index (χ1v) is 8.26. The van der Waals surface area contributed by atoms with E-state index in [0.717, 1.165) is 38.6 Å². The van der Waals surface area contributed by atoms with Gasteiger partial charge in [0, 0.05) is 13.2 Å². The van der Waals surface area contributed by atoms with Gasteiger partial charge in [-0.25, -0.2) is 0 Å². The lowest BCUT2D eigenvalue weighted by atomic mass is 9.82. The molecule has 3 atom stereocenters. The smallest absolute Gasteiger partial charge is 0.227 e. The van der Waals surface area contributed by atoms with Crippen molar-refractivity contribution >= 4 is 5.91 Å². The van der Waals surface area contributed by atoms with Crippen LogP contribution in [0.4, 0.5) is 0 Å². The van der Waals surface area contributed by atoms with Crippen LogP contribution in [0.3, 0.4) is 0 Å². The SMILES string of the molecule is O=C(NCC1CCCC1CO)C1CCCc2ccccc21. The maximum atomic E-state index is 12.5. The molecule has 1 aromatic carbocycles. The third-order valence-corrected chi connectivity index (χ3v) is 5.28. The largest absolute Gasteiger partial charge is 0.396 e. The van der Waals surface area contributed by atoms with Gasteiger partial charge in [-0.1, -0.05) is 30.7 Å². The highest BCUT2D eigenvalue weighted by atomic mass is 16.3. The molecular weight excluding hydrogens is 262 g/mol. The zero-order chi connectivity index (χ0) is 14.7. The van der Waals surface area contributed by atoms with Crippen molar-refractivity contribution in [1.82, 2.24) is 5.32 Å². The van der Waals surface area contributed by atoms with Gasteiger partial charge in [0.25, 0.3) is 0 Å². The molecule has 1 amide bonds. The number of hydrogen-bond acceptors (Lipinski definition) is 2. The van der Waals surface area contributed by atoms with Crippen LogP contribution in [-0.2, 0) is 11.2 Å². The van der Waals surface area contributed by atoms with E-state index in [1.54, 1.807) is 0 Å². The molecule has 0 bridgehead atoms. The molecular formula is C18H25NO2. The Kier molecular flexibility index (Phi) is 4.59. The van der Waals surface area contributed by atoms with Crippen molar-refractivity contribution in [2.45, 2.75) is 44.4 Å². The number of aliphatic hydroxyl groups excluding tert-OH is 1. The van der Waals surface area contributed by atoms with Crippen LogP contribution >= 0.6 is 0 Å². The van der Waals surface area contributed by atoms with Gasteiger partial charge in [0.05, 0.1) is 5.92 Å². The fourth-order valence-electron chi connectivity index (χ4n) is 4.00. The van der Waals surface area contributed by atoms with Gasteiger partial charge in [0.1, 0.15) is 0 Å². The second-order valence-corrected chi connectivity index (χ2v) is 6.52. The van der Waals surface area contributed by atoms with Crippen LogP contribution < -0.4 is 5.32 Å². The van der Waals surface area contributed by atoms with E-state index in [9.17, 15) is 9.90 Å². The molecule has 0 saturated heterocycles. The molecule has 2 aliphatic rings. The second-order valence-electron chi connectivity index (χ2n) is 6.52.